The third-order valence-electron chi connectivity index (χ3n) is 2.47. The van der Waals surface area contributed by atoms with Crippen molar-refractivity contribution in [2.24, 2.45) is 0 Å². The molecule has 1 aromatic rings. The Labute approximate surface area is 126 Å². The van der Waals surface area contributed by atoms with Crippen molar-refractivity contribution in [2.75, 3.05) is 0 Å². The second-order valence-electron chi connectivity index (χ2n) is 4.81. The lowest BCUT2D eigenvalue weighted by Gasteiger charge is -2.25. The molecule has 6 heteroatoms. The highest BCUT2D eigenvalue weighted by atomic mass is 79.9. The predicted octanol–water partition coefficient (Wildman–Crippen LogP) is 4.07. The van der Waals surface area contributed by atoms with Crippen molar-refractivity contribution in [3.63, 3.8) is 0 Å². The Balaban J connectivity index is 3.07. The summed E-state index contributed by atoms with van der Waals surface area (Å²) >= 11 is 6.58. The predicted molar refractivity (Wildman–Crippen MR) is 81.2 cm³/mol. The zero-order valence-electron chi connectivity index (χ0n) is 10.6. The van der Waals surface area contributed by atoms with E-state index in [2.05, 4.69) is 36.6 Å². The quantitative estimate of drug-likeness (QED) is 0.812. The SMILES string of the molecule is CCCC(C)(C)NS(=O)(=O)c1ccc(Br)cc1Br. The number of rotatable bonds is 5. The van der Waals surface area contributed by atoms with E-state index in [0.717, 1.165) is 17.3 Å². The molecule has 0 radical (unpaired) electrons. The lowest BCUT2D eigenvalue weighted by Crippen LogP contribution is -2.43. The molecule has 0 saturated heterocycles. The summed E-state index contributed by atoms with van der Waals surface area (Å²) in [4.78, 5) is 0.259. The highest BCUT2D eigenvalue weighted by Gasteiger charge is 2.26. The molecule has 0 spiro atoms. The molecule has 18 heavy (non-hydrogen) atoms. The van der Waals surface area contributed by atoms with Crippen molar-refractivity contribution in [3.8, 4) is 0 Å². The Morgan fingerprint density at radius 3 is 2.39 bits per heavy atom. The molecule has 0 saturated carbocycles. The number of sulfonamides is 1. The average Bonchev–Trinajstić information content (AvgIpc) is 2.14. The van der Waals surface area contributed by atoms with Gasteiger partial charge >= 0.3 is 0 Å². The number of hydrogen-bond donors (Lipinski definition) is 1. The highest BCUT2D eigenvalue weighted by molar-refractivity contribution is 9.11. The zero-order valence-corrected chi connectivity index (χ0v) is 14.6. The fraction of sp³-hybridized carbons (Fsp3) is 0.500. The van der Waals surface area contributed by atoms with Gasteiger partial charge in [0.2, 0.25) is 10.0 Å². The highest BCUT2D eigenvalue weighted by Crippen LogP contribution is 2.27. The normalized spacial score (nSPS) is 12.7. The van der Waals surface area contributed by atoms with Gasteiger partial charge in [-0.3, -0.25) is 0 Å². The summed E-state index contributed by atoms with van der Waals surface area (Å²) in [5.41, 5.74) is -0.444. The summed E-state index contributed by atoms with van der Waals surface area (Å²) in [6, 6.07) is 5.02. The van der Waals surface area contributed by atoms with Crippen LogP contribution < -0.4 is 4.72 Å². The first kappa shape index (κ1) is 16.1. The van der Waals surface area contributed by atoms with Gasteiger partial charge in [0.1, 0.15) is 0 Å². The van der Waals surface area contributed by atoms with E-state index in [-0.39, 0.29) is 4.90 Å². The van der Waals surface area contributed by atoms with Crippen molar-refractivity contribution in [1.82, 2.24) is 4.72 Å². The molecular formula is C12H17Br2NO2S. The van der Waals surface area contributed by atoms with Gasteiger partial charge in [0.15, 0.2) is 0 Å². The van der Waals surface area contributed by atoms with Crippen LogP contribution in [0.25, 0.3) is 0 Å². The molecule has 102 valence electrons. The van der Waals surface area contributed by atoms with Gasteiger partial charge in [0.25, 0.3) is 0 Å². The van der Waals surface area contributed by atoms with Gasteiger partial charge in [-0.2, -0.15) is 0 Å². The smallest absolute Gasteiger partial charge is 0.207 e. The van der Waals surface area contributed by atoms with Gasteiger partial charge in [-0.25, -0.2) is 13.1 Å². The van der Waals surface area contributed by atoms with Crippen LogP contribution in [0.1, 0.15) is 33.6 Å². The summed E-state index contributed by atoms with van der Waals surface area (Å²) < 4.78 is 28.7. The van der Waals surface area contributed by atoms with Crippen LogP contribution in [0.15, 0.2) is 32.0 Å². The Morgan fingerprint density at radius 1 is 1.28 bits per heavy atom. The van der Waals surface area contributed by atoms with E-state index in [1.807, 2.05) is 20.8 Å². The van der Waals surface area contributed by atoms with Gasteiger partial charge in [-0.15, -0.1) is 0 Å². The minimum Gasteiger partial charge on any atom is -0.207 e. The number of benzene rings is 1. The molecular weight excluding hydrogens is 382 g/mol. The van der Waals surface area contributed by atoms with Crippen molar-refractivity contribution in [3.05, 3.63) is 27.1 Å². The maximum atomic E-state index is 12.3. The largest absolute Gasteiger partial charge is 0.242 e. The van der Waals surface area contributed by atoms with Crippen LogP contribution in [0, 0.1) is 0 Å². The Bertz CT molecular complexity index is 527. The molecule has 0 aliphatic rings. The molecule has 0 heterocycles. The summed E-state index contributed by atoms with van der Waals surface area (Å²) in [5.74, 6) is 0. The summed E-state index contributed by atoms with van der Waals surface area (Å²) in [5, 5.41) is 0. The molecule has 0 fully saturated rings. The molecule has 0 aliphatic carbocycles. The third kappa shape index (κ3) is 4.33. The third-order valence-corrected chi connectivity index (χ3v) is 5.64. The van der Waals surface area contributed by atoms with Gasteiger partial charge in [-0.1, -0.05) is 29.3 Å². The lowest BCUT2D eigenvalue weighted by atomic mass is 10.0. The molecule has 1 aromatic carbocycles. The lowest BCUT2D eigenvalue weighted by molar-refractivity contribution is 0.417. The van der Waals surface area contributed by atoms with Crippen LogP contribution in [0.4, 0.5) is 0 Å². The average molecular weight is 399 g/mol. The summed E-state index contributed by atoms with van der Waals surface area (Å²) in [7, 11) is -3.51. The summed E-state index contributed by atoms with van der Waals surface area (Å²) in [6.07, 6.45) is 1.72. The van der Waals surface area contributed by atoms with Gasteiger partial charge in [0.05, 0.1) is 4.90 Å². The zero-order chi connectivity index (χ0) is 14.0. The second kappa shape index (κ2) is 6.03. The minimum absolute atomic E-state index is 0.259. The Hall–Kier alpha value is 0.0900. The van der Waals surface area contributed by atoms with Gasteiger partial charge in [0, 0.05) is 14.5 Å². The monoisotopic (exact) mass is 397 g/mol. The van der Waals surface area contributed by atoms with Crippen molar-refractivity contribution < 1.29 is 8.42 Å². The molecule has 0 aliphatic heterocycles. The van der Waals surface area contributed by atoms with Crippen LogP contribution in [-0.2, 0) is 10.0 Å². The molecule has 0 unspecified atom stereocenters. The van der Waals surface area contributed by atoms with E-state index in [9.17, 15) is 8.42 Å². The van der Waals surface area contributed by atoms with E-state index in [1.165, 1.54) is 0 Å². The van der Waals surface area contributed by atoms with Crippen molar-refractivity contribution >= 4 is 41.9 Å². The van der Waals surface area contributed by atoms with Gasteiger partial charge < -0.3 is 0 Å². The van der Waals surface area contributed by atoms with Crippen LogP contribution in [-0.4, -0.2) is 14.0 Å². The van der Waals surface area contributed by atoms with E-state index in [4.69, 9.17) is 0 Å². The maximum Gasteiger partial charge on any atom is 0.242 e. The van der Waals surface area contributed by atoms with E-state index in [0.29, 0.717) is 4.47 Å². The minimum atomic E-state index is -3.51. The van der Waals surface area contributed by atoms with E-state index < -0.39 is 15.6 Å². The fourth-order valence-electron chi connectivity index (χ4n) is 1.79. The maximum absolute atomic E-state index is 12.3. The second-order valence-corrected chi connectivity index (χ2v) is 8.23. The molecule has 1 rings (SSSR count). The molecule has 3 nitrogen and oxygen atoms in total. The molecule has 0 aromatic heterocycles. The van der Waals surface area contributed by atoms with Gasteiger partial charge in [-0.05, 0) is 54.4 Å². The van der Waals surface area contributed by atoms with Crippen molar-refractivity contribution in [1.29, 1.82) is 0 Å². The van der Waals surface area contributed by atoms with Crippen molar-refractivity contribution in [2.45, 2.75) is 44.0 Å². The first-order chi connectivity index (χ1) is 8.18. The molecule has 1 N–H and O–H groups in total. The van der Waals surface area contributed by atoms with Crippen LogP contribution in [0.5, 0.6) is 0 Å². The Kier molecular flexibility index (Phi) is 5.41. The first-order valence-corrected chi connectivity index (χ1v) is 8.74. The molecule has 0 amide bonds. The number of halogens is 2. The van der Waals surface area contributed by atoms with Crippen LogP contribution >= 0.6 is 31.9 Å². The van der Waals surface area contributed by atoms with E-state index >= 15 is 0 Å². The number of hydrogen-bond acceptors (Lipinski definition) is 2. The fourth-order valence-corrected chi connectivity index (χ4v) is 4.98. The summed E-state index contributed by atoms with van der Waals surface area (Å²) in [6.45, 7) is 5.81. The molecule has 0 bridgehead atoms. The topological polar surface area (TPSA) is 46.2 Å². The standard InChI is InChI=1S/C12H17Br2NO2S/c1-4-7-12(2,3)15-18(16,17)11-6-5-9(13)8-10(11)14/h5-6,8,15H,4,7H2,1-3H3. The first-order valence-electron chi connectivity index (χ1n) is 5.67. The molecule has 0 atom stereocenters. The van der Waals surface area contributed by atoms with E-state index in [1.54, 1.807) is 18.2 Å². The van der Waals surface area contributed by atoms with Crippen LogP contribution in [0.2, 0.25) is 0 Å². The number of nitrogens with one attached hydrogen (secondary N) is 1. The Morgan fingerprint density at radius 2 is 1.89 bits per heavy atom. The van der Waals surface area contributed by atoms with Crippen LogP contribution in [0.3, 0.4) is 0 Å².